The van der Waals surface area contributed by atoms with Gasteiger partial charge in [0.05, 0.1) is 13.2 Å². The summed E-state index contributed by atoms with van der Waals surface area (Å²) < 4.78 is 6.31. The predicted molar refractivity (Wildman–Crippen MR) is 103 cm³/mol. The largest absolute Gasteiger partial charge is 0.497 e. The molecule has 3 atom stereocenters. The highest BCUT2D eigenvalue weighted by Gasteiger charge is 2.48. The number of carbonyl (C=O) groups is 1. The Labute approximate surface area is 156 Å². The zero-order chi connectivity index (χ0) is 17.4. The number of nitrogens with zero attached hydrogens (tertiary/aromatic N) is 1. The van der Waals surface area contributed by atoms with Crippen molar-refractivity contribution in [3.63, 3.8) is 0 Å². The van der Waals surface area contributed by atoms with Crippen molar-refractivity contribution in [2.75, 3.05) is 12.0 Å². The fourth-order valence-corrected chi connectivity index (χ4v) is 4.57. The van der Waals surface area contributed by atoms with Gasteiger partial charge in [-0.25, -0.2) is 0 Å². The van der Waals surface area contributed by atoms with Crippen LogP contribution in [0.1, 0.15) is 24.4 Å². The fourth-order valence-electron chi connectivity index (χ4n) is 4.05. The van der Waals surface area contributed by atoms with Crippen LogP contribution in [-0.2, 0) is 4.79 Å². The van der Waals surface area contributed by atoms with Gasteiger partial charge in [0, 0.05) is 22.0 Å². The van der Waals surface area contributed by atoms with Crippen molar-refractivity contribution in [1.82, 2.24) is 0 Å². The molecule has 1 fully saturated rings. The molecule has 0 aromatic heterocycles. The van der Waals surface area contributed by atoms with E-state index in [-0.39, 0.29) is 23.8 Å². The van der Waals surface area contributed by atoms with Gasteiger partial charge >= 0.3 is 0 Å². The summed E-state index contributed by atoms with van der Waals surface area (Å²) in [5.41, 5.74) is 2.08. The van der Waals surface area contributed by atoms with Crippen LogP contribution < -0.4 is 9.64 Å². The number of rotatable bonds is 3. The van der Waals surface area contributed by atoms with Gasteiger partial charge in [0.2, 0.25) is 5.91 Å². The minimum atomic E-state index is 0.0121. The van der Waals surface area contributed by atoms with Crippen LogP contribution in [0.2, 0.25) is 0 Å². The molecular weight excluding hydrogens is 378 g/mol. The average molecular weight is 398 g/mol. The highest BCUT2D eigenvalue weighted by atomic mass is 79.9. The minimum absolute atomic E-state index is 0.0121. The smallest absolute Gasteiger partial charge is 0.231 e. The van der Waals surface area contributed by atoms with Crippen LogP contribution in [0.15, 0.2) is 65.2 Å². The van der Waals surface area contributed by atoms with Crippen molar-refractivity contribution in [1.29, 1.82) is 0 Å². The Balaban J connectivity index is 1.83. The van der Waals surface area contributed by atoms with Crippen molar-refractivity contribution in [3.05, 3.63) is 70.7 Å². The van der Waals surface area contributed by atoms with E-state index in [0.717, 1.165) is 34.3 Å². The molecule has 2 aromatic rings. The van der Waals surface area contributed by atoms with E-state index in [2.05, 4.69) is 34.1 Å². The first-order valence-corrected chi connectivity index (χ1v) is 9.38. The zero-order valence-corrected chi connectivity index (χ0v) is 15.6. The molecule has 0 saturated carbocycles. The molecule has 1 aliphatic carbocycles. The number of ether oxygens (including phenoxy) is 1. The van der Waals surface area contributed by atoms with E-state index in [0.29, 0.717) is 0 Å². The Morgan fingerprint density at radius 3 is 2.60 bits per heavy atom. The number of benzene rings is 2. The van der Waals surface area contributed by atoms with Crippen LogP contribution in [0.3, 0.4) is 0 Å². The maximum Gasteiger partial charge on any atom is 0.231 e. The third-order valence-electron chi connectivity index (χ3n) is 5.24. The molecule has 25 heavy (non-hydrogen) atoms. The van der Waals surface area contributed by atoms with E-state index < -0.39 is 0 Å². The lowest BCUT2D eigenvalue weighted by Gasteiger charge is -2.29. The maximum atomic E-state index is 13.2. The summed E-state index contributed by atoms with van der Waals surface area (Å²) in [6.07, 6.45) is 6.36. The maximum absolute atomic E-state index is 13.2. The topological polar surface area (TPSA) is 29.5 Å². The number of methoxy groups -OCH3 is 1. The lowest BCUT2D eigenvalue weighted by Crippen LogP contribution is -2.29. The first-order chi connectivity index (χ1) is 12.2. The molecule has 0 bridgehead atoms. The quantitative estimate of drug-likeness (QED) is 0.671. The monoisotopic (exact) mass is 397 g/mol. The summed E-state index contributed by atoms with van der Waals surface area (Å²) in [6.45, 7) is 0. The normalized spacial score (nSPS) is 25.1. The average Bonchev–Trinajstić information content (AvgIpc) is 2.95. The van der Waals surface area contributed by atoms with Crippen LogP contribution in [0.25, 0.3) is 0 Å². The van der Waals surface area contributed by atoms with Gasteiger partial charge in [0.25, 0.3) is 0 Å². The molecule has 3 nitrogen and oxygen atoms in total. The number of halogens is 1. The Kier molecular flexibility index (Phi) is 4.38. The SMILES string of the molecule is COc1ccc(N2C(=O)[C@@H]3CCC=C[C@H]3[C@@H]2c2ccccc2Br)cc1. The molecule has 1 heterocycles. The van der Waals surface area contributed by atoms with Gasteiger partial charge in [0.1, 0.15) is 5.75 Å². The summed E-state index contributed by atoms with van der Waals surface area (Å²) in [4.78, 5) is 15.2. The van der Waals surface area contributed by atoms with Gasteiger partial charge < -0.3 is 9.64 Å². The number of amides is 1. The van der Waals surface area contributed by atoms with Crippen molar-refractivity contribution in [2.24, 2.45) is 11.8 Å². The highest BCUT2D eigenvalue weighted by Crippen LogP contribution is 2.49. The van der Waals surface area contributed by atoms with Gasteiger partial charge in [0.15, 0.2) is 0 Å². The third kappa shape index (κ3) is 2.78. The summed E-state index contributed by atoms with van der Waals surface area (Å²) in [6, 6.07) is 16.0. The highest BCUT2D eigenvalue weighted by molar-refractivity contribution is 9.10. The zero-order valence-electron chi connectivity index (χ0n) is 14.1. The summed E-state index contributed by atoms with van der Waals surface area (Å²) in [5, 5.41) is 0. The Morgan fingerprint density at radius 2 is 1.88 bits per heavy atom. The van der Waals surface area contributed by atoms with Crippen LogP contribution in [0.4, 0.5) is 5.69 Å². The van der Waals surface area contributed by atoms with Gasteiger partial charge in [-0.1, -0.05) is 46.3 Å². The summed E-state index contributed by atoms with van der Waals surface area (Å²) >= 11 is 3.68. The third-order valence-corrected chi connectivity index (χ3v) is 5.96. The molecule has 2 aliphatic rings. The molecule has 0 spiro atoms. The number of allylic oxidation sites excluding steroid dienone is 1. The molecule has 0 unspecified atom stereocenters. The van der Waals surface area contributed by atoms with E-state index in [4.69, 9.17) is 4.74 Å². The number of hydrogen-bond donors (Lipinski definition) is 0. The van der Waals surface area contributed by atoms with Gasteiger partial charge in [-0.15, -0.1) is 0 Å². The Bertz CT molecular complexity index is 815. The van der Waals surface area contributed by atoms with E-state index in [1.165, 1.54) is 0 Å². The second kappa shape index (κ2) is 6.68. The van der Waals surface area contributed by atoms with Crippen LogP contribution in [-0.4, -0.2) is 13.0 Å². The number of carbonyl (C=O) groups excluding carboxylic acids is 1. The summed E-state index contributed by atoms with van der Waals surface area (Å²) in [7, 11) is 1.65. The van der Waals surface area contributed by atoms with Gasteiger partial charge in [-0.2, -0.15) is 0 Å². The molecular formula is C21H20BrNO2. The first-order valence-electron chi connectivity index (χ1n) is 8.59. The van der Waals surface area contributed by atoms with Crippen molar-refractivity contribution >= 4 is 27.5 Å². The molecule has 4 rings (SSSR count). The minimum Gasteiger partial charge on any atom is -0.497 e. The van der Waals surface area contributed by atoms with Crippen LogP contribution in [0.5, 0.6) is 5.75 Å². The fraction of sp³-hybridized carbons (Fsp3) is 0.286. The van der Waals surface area contributed by atoms with Crippen molar-refractivity contribution in [2.45, 2.75) is 18.9 Å². The van der Waals surface area contributed by atoms with Crippen molar-refractivity contribution < 1.29 is 9.53 Å². The second-order valence-electron chi connectivity index (χ2n) is 6.56. The summed E-state index contributed by atoms with van der Waals surface area (Å²) in [5.74, 6) is 1.29. The molecule has 0 radical (unpaired) electrons. The molecule has 1 aliphatic heterocycles. The van der Waals surface area contributed by atoms with E-state index in [9.17, 15) is 4.79 Å². The Morgan fingerprint density at radius 1 is 1.12 bits per heavy atom. The van der Waals surface area contributed by atoms with Gasteiger partial charge in [-0.3, -0.25) is 4.79 Å². The molecule has 0 N–H and O–H groups in total. The van der Waals surface area contributed by atoms with E-state index in [1.54, 1.807) is 7.11 Å². The lowest BCUT2D eigenvalue weighted by molar-refractivity contribution is -0.121. The second-order valence-corrected chi connectivity index (χ2v) is 7.42. The molecule has 1 saturated heterocycles. The first kappa shape index (κ1) is 16.4. The number of hydrogen-bond acceptors (Lipinski definition) is 2. The van der Waals surface area contributed by atoms with Crippen molar-refractivity contribution in [3.8, 4) is 5.75 Å². The van der Waals surface area contributed by atoms with E-state index in [1.807, 2.05) is 47.4 Å². The number of fused-ring (bicyclic) bond motifs is 1. The van der Waals surface area contributed by atoms with Gasteiger partial charge in [-0.05, 0) is 48.7 Å². The molecule has 1 amide bonds. The standard InChI is InChI=1S/C21H20BrNO2/c1-25-15-12-10-14(11-13-15)23-20(18-8-4-5-9-19(18)22)16-6-2-3-7-17(16)21(23)24/h2,4-6,8-13,16-17,20H,3,7H2,1H3/t16-,17-,20-/m1/s1. The Hall–Kier alpha value is -2.07. The van der Waals surface area contributed by atoms with Crippen LogP contribution >= 0.6 is 15.9 Å². The molecule has 4 heteroatoms. The molecule has 2 aromatic carbocycles. The molecule has 128 valence electrons. The lowest BCUT2D eigenvalue weighted by atomic mass is 9.81. The predicted octanol–water partition coefficient (Wildman–Crippen LogP) is 5.13. The number of anilines is 1. The van der Waals surface area contributed by atoms with E-state index >= 15 is 0 Å². The van der Waals surface area contributed by atoms with Crippen LogP contribution in [0, 0.1) is 11.8 Å².